The average Bonchev–Trinajstić information content (AvgIpc) is 2.15. The fourth-order valence-corrected chi connectivity index (χ4v) is 0.877. The summed E-state index contributed by atoms with van der Waals surface area (Å²) in [5, 5.41) is 0. The van der Waals surface area contributed by atoms with Crippen molar-refractivity contribution < 1.29 is 9.13 Å². The molecule has 1 rings (SSSR count). The van der Waals surface area contributed by atoms with Gasteiger partial charge in [0.25, 0.3) is 0 Å². The summed E-state index contributed by atoms with van der Waals surface area (Å²) in [6, 6.07) is 7.27. The third kappa shape index (κ3) is 2.00. The predicted octanol–water partition coefficient (Wildman–Crippen LogP) is 2.02. The maximum absolute atomic E-state index is 11.7. The van der Waals surface area contributed by atoms with Gasteiger partial charge in [-0.05, 0) is 12.1 Å². The van der Waals surface area contributed by atoms with E-state index < -0.39 is 6.67 Å². The van der Waals surface area contributed by atoms with Gasteiger partial charge in [-0.25, -0.2) is 4.39 Å². The standard InChI is InChI=1S/C10H9FO/c1-12-10-7-3-2-5-9(10)6-4-8-11/h2-3,5,7H,8H2,1H3. The first-order valence-electron chi connectivity index (χ1n) is 3.56. The summed E-state index contributed by atoms with van der Waals surface area (Å²) in [4.78, 5) is 0. The van der Waals surface area contributed by atoms with E-state index in [1.54, 1.807) is 19.2 Å². The number of ether oxygens (including phenoxy) is 1. The van der Waals surface area contributed by atoms with Gasteiger partial charge >= 0.3 is 0 Å². The zero-order valence-electron chi connectivity index (χ0n) is 6.80. The topological polar surface area (TPSA) is 9.23 Å². The minimum atomic E-state index is -0.627. The van der Waals surface area contributed by atoms with E-state index in [0.717, 1.165) is 5.56 Å². The first kappa shape index (κ1) is 8.61. The van der Waals surface area contributed by atoms with E-state index in [1.165, 1.54) is 0 Å². The van der Waals surface area contributed by atoms with Crippen LogP contribution in [-0.2, 0) is 0 Å². The number of hydrogen-bond acceptors (Lipinski definition) is 1. The van der Waals surface area contributed by atoms with Crippen molar-refractivity contribution in [3.63, 3.8) is 0 Å². The van der Waals surface area contributed by atoms with E-state index in [2.05, 4.69) is 11.8 Å². The molecule has 0 saturated heterocycles. The number of hydrogen-bond donors (Lipinski definition) is 0. The molecule has 0 aromatic heterocycles. The number of halogens is 1. The predicted molar refractivity (Wildman–Crippen MR) is 45.8 cm³/mol. The summed E-state index contributed by atoms with van der Waals surface area (Å²) in [5.74, 6) is 5.69. The Bertz CT molecular complexity index is 309. The summed E-state index contributed by atoms with van der Waals surface area (Å²) in [5.41, 5.74) is 0.720. The monoisotopic (exact) mass is 164 g/mol. The lowest BCUT2D eigenvalue weighted by molar-refractivity contribution is 0.413. The van der Waals surface area contributed by atoms with Crippen LogP contribution in [0.15, 0.2) is 24.3 Å². The van der Waals surface area contributed by atoms with Crippen molar-refractivity contribution >= 4 is 0 Å². The van der Waals surface area contributed by atoms with E-state index in [9.17, 15) is 4.39 Å². The van der Waals surface area contributed by atoms with Crippen LogP contribution in [0.4, 0.5) is 4.39 Å². The number of rotatable bonds is 1. The third-order valence-electron chi connectivity index (χ3n) is 1.40. The second-order valence-corrected chi connectivity index (χ2v) is 2.14. The molecule has 0 bridgehead atoms. The van der Waals surface area contributed by atoms with Gasteiger partial charge in [0.05, 0.1) is 12.7 Å². The average molecular weight is 164 g/mol. The Hall–Kier alpha value is -1.49. The fraction of sp³-hybridized carbons (Fsp3) is 0.200. The molecule has 0 aliphatic rings. The van der Waals surface area contributed by atoms with Crippen molar-refractivity contribution in [1.29, 1.82) is 0 Å². The largest absolute Gasteiger partial charge is 0.495 e. The van der Waals surface area contributed by atoms with Crippen LogP contribution in [0.5, 0.6) is 5.75 Å². The molecule has 0 spiro atoms. The molecule has 0 radical (unpaired) electrons. The molecule has 0 amide bonds. The lowest BCUT2D eigenvalue weighted by atomic mass is 10.2. The van der Waals surface area contributed by atoms with Gasteiger partial charge in [-0.1, -0.05) is 24.0 Å². The molecule has 1 aromatic rings. The molecular formula is C10H9FO. The van der Waals surface area contributed by atoms with E-state index in [0.29, 0.717) is 5.75 Å². The number of para-hydroxylation sites is 1. The normalized spacial score (nSPS) is 8.50. The van der Waals surface area contributed by atoms with Crippen molar-refractivity contribution in [1.82, 2.24) is 0 Å². The zero-order chi connectivity index (χ0) is 8.81. The molecule has 0 aliphatic carbocycles. The SMILES string of the molecule is COc1ccccc1C#CCF. The van der Waals surface area contributed by atoms with Gasteiger partial charge in [0.1, 0.15) is 5.75 Å². The summed E-state index contributed by atoms with van der Waals surface area (Å²) >= 11 is 0. The van der Waals surface area contributed by atoms with E-state index in [4.69, 9.17) is 4.74 Å². The van der Waals surface area contributed by atoms with Crippen molar-refractivity contribution in [2.45, 2.75) is 0 Å². The Morgan fingerprint density at radius 1 is 1.42 bits per heavy atom. The van der Waals surface area contributed by atoms with Crippen LogP contribution in [0.25, 0.3) is 0 Å². The minimum absolute atomic E-state index is 0.627. The maximum Gasteiger partial charge on any atom is 0.150 e. The molecule has 0 N–H and O–H groups in total. The van der Waals surface area contributed by atoms with Crippen molar-refractivity contribution in [2.75, 3.05) is 13.8 Å². The molecule has 0 heterocycles. The Morgan fingerprint density at radius 2 is 2.17 bits per heavy atom. The molecule has 1 aromatic carbocycles. The van der Waals surface area contributed by atoms with Crippen LogP contribution >= 0.6 is 0 Å². The van der Waals surface area contributed by atoms with Gasteiger partial charge in [-0.15, -0.1) is 0 Å². The summed E-state index contributed by atoms with van der Waals surface area (Å²) < 4.78 is 16.7. The highest BCUT2D eigenvalue weighted by Crippen LogP contribution is 2.15. The van der Waals surface area contributed by atoms with Gasteiger partial charge in [-0.2, -0.15) is 0 Å². The quantitative estimate of drug-likeness (QED) is 0.577. The molecule has 0 atom stereocenters. The second kappa shape index (κ2) is 4.40. The van der Waals surface area contributed by atoms with E-state index in [1.807, 2.05) is 12.1 Å². The van der Waals surface area contributed by atoms with Crippen LogP contribution in [0, 0.1) is 11.8 Å². The van der Waals surface area contributed by atoms with Gasteiger partial charge < -0.3 is 4.74 Å². The summed E-state index contributed by atoms with van der Waals surface area (Å²) in [6.07, 6.45) is 0. The molecule has 0 fully saturated rings. The Balaban J connectivity index is 2.97. The summed E-state index contributed by atoms with van der Waals surface area (Å²) in [7, 11) is 1.57. The van der Waals surface area contributed by atoms with E-state index >= 15 is 0 Å². The lowest BCUT2D eigenvalue weighted by Crippen LogP contribution is -1.86. The molecule has 12 heavy (non-hydrogen) atoms. The van der Waals surface area contributed by atoms with E-state index in [-0.39, 0.29) is 0 Å². The Kier molecular flexibility index (Phi) is 3.16. The molecule has 0 aliphatic heterocycles. The molecule has 1 nitrogen and oxygen atoms in total. The molecule has 2 heteroatoms. The highest BCUT2D eigenvalue weighted by atomic mass is 19.1. The number of methoxy groups -OCH3 is 1. The maximum atomic E-state index is 11.7. The minimum Gasteiger partial charge on any atom is -0.495 e. The van der Waals surface area contributed by atoms with Gasteiger partial charge in [-0.3, -0.25) is 0 Å². The highest BCUT2D eigenvalue weighted by Gasteiger charge is 1.95. The molecule has 62 valence electrons. The lowest BCUT2D eigenvalue weighted by Gasteiger charge is -2.00. The second-order valence-electron chi connectivity index (χ2n) is 2.14. The van der Waals surface area contributed by atoms with Gasteiger partial charge in [0.2, 0.25) is 0 Å². The van der Waals surface area contributed by atoms with Crippen LogP contribution in [0.2, 0.25) is 0 Å². The third-order valence-corrected chi connectivity index (χ3v) is 1.40. The Labute approximate surface area is 71.2 Å². The van der Waals surface area contributed by atoms with Gasteiger partial charge in [0.15, 0.2) is 6.67 Å². The van der Waals surface area contributed by atoms with Crippen molar-refractivity contribution in [3.8, 4) is 17.6 Å². The van der Waals surface area contributed by atoms with Crippen LogP contribution in [0.1, 0.15) is 5.56 Å². The Morgan fingerprint density at radius 3 is 2.83 bits per heavy atom. The number of benzene rings is 1. The van der Waals surface area contributed by atoms with Crippen LogP contribution < -0.4 is 4.74 Å². The van der Waals surface area contributed by atoms with Crippen LogP contribution in [-0.4, -0.2) is 13.8 Å². The van der Waals surface area contributed by atoms with Crippen molar-refractivity contribution in [3.05, 3.63) is 29.8 Å². The first-order chi connectivity index (χ1) is 5.88. The fourth-order valence-electron chi connectivity index (χ4n) is 0.877. The highest BCUT2D eigenvalue weighted by molar-refractivity contribution is 5.45. The summed E-state index contributed by atoms with van der Waals surface area (Å²) in [6.45, 7) is -0.627. The van der Waals surface area contributed by atoms with Gasteiger partial charge in [0, 0.05) is 0 Å². The van der Waals surface area contributed by atoms with Crippen molar-refractivity contribution in [2.24, 2.45) is 0 Å². The molecule has 0 unspecified atom stereocenters. The number of alkyl halides is 1. The molecule has 0 saturated carbocycles. The zero-order valence-corrected chi connectivity index (χ0v) is 6.80. The molecular weight excluding hydrogens is 155 g/mol. The van der Waals surface area contributed by atoms with Crippen LogP contribution in [0.3, 0.4) is 0 Å². The smallest absolute Gasteiger partial charge is 0.150 e. The first-order valence-corrected chi connectivity index (χ1v) is 3.56.